The second-order valence-corrected chi connectivity index (χ2v) is 7.94. The van der Waals surface area contributed by atoms with Crippen molar-refractivity contribution in [3.8, 4) is 0 Å². The van der Waals surface area contributed by atoms with Gasteiger partial charge in [0.05, 0.1) is 9.90 Å². The van der Waals surface area contributed by atoms with E-state index >= 15 is 0 Å². The minimum absolute atomic E-state index is 0.182. The fraction of sp³-hybridized carbons (Fsp3) is 0.533. The van der Waals surface area contributed by atoms with Gasteiger partial charge in [-0.15, -0.1) is 11.3 Å². The number of aliphatic carboxylic acids is 1. The lowest BCUT2D eigenvalue weighted by atomic mass is 10.1. The van der Waals surface area contributed by atoms with Gasteiger partial charge in [0.15, 0.2) is 0 Å². The number of amides is 2. The number of hydrogen-bond acceptors (Lipinski definition) is 4. The van der Waals surface area contributed by atoms with E-state index in [1.165, 1.54) is 11.8 Å². The standard InChI is InChI=1S/C15H18Cl2N2O4S/c1-9(20)19(8-13(21)22)10-3-2-5-18(6-4-10)15(23)11-7-12(16)24-14(11)17/h7,10H,2-6,8H2,1H3,(H,21,22). The molecule has 1 aliphatic rings. The van der Waals surface area contributed by atoms with E-state index in [0.717, 1.165) is 11.3 Å². The van der Waals surface area contributed by atoms with Crippen molar-refractivity contribution in [2.24, 2.45) is 0 Å². The number of carbonyl (C=O) groups excluding carboxylic acids is 2. The van der Waals surface area contributed by atoms with Gasteiger partial charge in [-0.3, -0.25) is 14.4 Å². The van der Waals surface area contributed by atoms with Crippen molar-refractivity contribution in [1.29, 1.82) is 0 Å². The van der Waals surface area contributed by atoms with Crippen LogP contribution in [0.1, 0.15) is 36.5 Å². The Morgan fingerprint density at radius 1 is 1.33 bits per heavy atom. The molecule has 0 aliphatic carbocycles. The zero-order valence-corrected chi connectivity index (χ0v) is 15.5. The average Bonchev–Trinajstić information content (AvgIpc) is 2.71. The Hall–Kier alpha value is -1.31. The zero-order chi connectivity index (χ0) is 17.9. The topological polar surface area (TPSA) is 77.9 Å². The van der Waals surface area contributed by atoms with Crippen molar-refractivity contribution in [2.75, 3.05) is 19.6 Å². The van der Waals surface area contributed by atoms with E-state index in [1.807, 2.05) is 0 Å². The molecule has 0 spiro atoms. The normalized spacial score (nSPS) is 18.1. The van der Waals surface area contributed by atoms with Crippen LogP contribution in [0.15, 0.2) is 6.07 Å². The summed E-state index contributed by atoms with van der Waals surface area (Å²) in [6.45, 7) is 2.03. The fourth-order valence-corrected chi connectivity index (χ4v) is 4.34. The molecule has 1 fully saturated rings. The molecular formula is C15H18Cl2N2O4S. The van der Waals surface area contributed by atoms with Gasteiger partial charge >= 0.3 is 5.97 Å². The molecule has 0 radical (unpaired) electrons. The van der Waals surface area contributed by atoms with E-state index < -0.39 is 5.97 Å². The Labute approximate surface area is 153 Å². The minimum atomic E-state index is -1.04. The third kappa shape index (κ3) is 4.62. The molecule has 1 aliphatic heterocycles. The number of carboxylic acids is 1. The molecule has 1 aromatic heterocycles. The van der Waals surface area contributed by atoms with Gasteiger partial charge in [-0.1, -0.05) is 23.2 Å². The van der Waals surface area contributed by atoms with E-state index in [9.17, 15) is 14.4 Å². The molecule has 0 bridgehead atoms. The van der Waals surface area contributed by atoms with Crippen molar-refractivity contribution < 1.29 is 19.5 Å². The quantitative estimate of drug-likeness (QED) is 0.853. The highest BCUT2D eigenvalue weighted by molar-refractivity contribution is 7.20. The number of rotatable bonds is 4. The van der Waals surface area contributed by atoms with Crippen molar-refractivity contribution in [3.05, 3.63) is 20.3 Å². The van der Waals surface area contributed by atoms with Crippen molar-refractivity contribution >= 4 is 52.3 Å². The van der Waals surface area contributed by atoms with Crippen molar-refractivity contribution in [3.63, 3.8) is 0 Å². The maximum Gasteiger partial charge on any atom is 0.323 e. The highest BCUT2D eigenvalue weighted by Gasteiger charge is 2.28. The minimum Gasteiger partial charge on any atom is -0.480 e. The predicted molar refractivity (Wildman–Crippen MR) is 92.9 cm³/mol. The number of carbonyl (C=O) groups is 3. The van der Waals surface area contributed by atoms with Crippen LogP contribution < -0.4 is 0 Å². The zero-order valence-electron chi connectivity index (χ0n) is 13.1. The van der Waals surface area contributed by atoms with E-state index in [1.54, 1.807) is 11.0 Å². The number of likely N-dealkylation sites (tertiary alicyclic amines) is 1. The van der Waals surface area contributed by atoms with E-state index in [4.69, 9.17) is 28.3 Å². The summed E-state index contributed by atoms with van der Waals surface area (Å²) in [6, 6.07) is 1.38. The summed E-state index contributed by atoms with van der Waals surface area (Å²) >= 11 is 13.1. The van der Waals surface area contributed by atoms with Gasteiger partial charge in [0, 0.05) is 26.1 Å². The first-order chi connectivity index (χ1) is 11.3. The number of thiophene rings is 1. The lowest BCUT2D eigenvalue weighted by Crippen LogP contribution is -2.43. The maximum atomic E-state index is 12.6. The largest absolute Gasteiger partial charge is 0.480 e. The van der Waals surface area contributed by atoms with Crippen LogP contribution in [0, 0.1) is 0 Å². The predicted octanol–water partition coefficient (Wildman–Crippen LogP) is 2.98. The lowest BCUT2D eigenvalue weighted by Gasteiger charge is -2.28. The summed E-state index contributed by atoms with van der Waals surface area (Å²) < 4.78 is 0.822. The van der Waals surface area contributed by atoms with Crippen LogP contribution in [-0.4, -0.2) is 58.4 Å². The van der Waals surface area contributed by atoms with E-state index in [2.05, 4.69) is 0 Å². The summed E-state index contributed by atoms with van der Waals surface area (Å²) in [5.74, 6) is -1.49. The molecule has 0 aromatic carbocycles. The molecule has 2 amide bonds. The van der Waals surface area contributed by atoms with Gasteiger partial charge < -0.3 is 14.9 Å². The van der Waals surface area contributed by atoms with Crippen LogP contribution in [0.25, 0.3) is 0 Å². The second kappa shape index (κ2) is 8.18. The molecule has 6 nitrogen and oxygen atoms in total. The molecule has 1 atom stereocenters. The van der Waals surface area contributed by atoms with Gasteiger partial charge in [0.1, 0.15) is 10.9 Å². The third-order valence-electron chi connectivity index (χ3n) is 4.02. The Morgan fingerprint density at radius 2 is 2.04 bits per heavy atom. The van der Waals surface area contributed by atoms with E-state index in [-0.39, 0.29) is 24.4 Å². The van der Waals surface area contributed by atoms with Crippen molar-refractivity contribution in [2.45, 2.75) is 32.2 Å². The summed E-state index contributed by atoms with van der Waals surface area (Å²) in [5.41, 5.74) is 0.388. The van der Waals surface area contributed by atoms with Gasteiger partial charge in [0.25, 0.3) is 5.91 Å². The molecule has 24 heavy (non-hydrogen) atoms. The lowest BCUT2D eigenvalue weighted by molar-refractivity contribution is -0.145. The monoisotopic (exact) mass is 392 g/mol. The number of hydrogen-bond donors (Lipinski definition) is 1. The number of halogens is 2. The molecule has 132 valence electrons. The van der Waals surface area contributed by atoms with Crippen LogP contribution in [0.4, 0.5) is 0 Å². The maximum absolute atomic E-state index is 12.6. The fourth-order valence-electron chi connectivity index (χ4n) is 2.89. The van der Waals surface area contributed by atoms with Crippen LogP contribution >= 0.6 is 34.5 Å². The van der Waals surface area contributed by atoms with Crippen LogP contribution in [-0.2, 0) is 9.59 Å². The van der Waals surface area contributed by atoms with Gasteiger partial charge in [-0.2, -0.15) is 0 Å². The van der Waals surface area contributed by atoms with Crippen LogP contribution in [0.3, 0.4) is 0 Å². The van der Waals surface area contributed by atoms with Crippen LogP contribution in [0.5, 0.6) is 0 Å². The van der Waals surface area contributed by atoms with Gasteiger partial charge in [0.2, 0.25) is 5.91 Å². The summed E-state index contributed by atoms with van der Waals surface area (Å²) in [6.07, 6.45) is 1.89. The first-order valence-corrected chi connectivity index (χ1v) is 9.10. The first kappa shape index (κ1) is 19.0. The highest BCUT2D eigenvalue weighted by atomic mass is 35.5. The molecular weight excluding hydrogens is 375 g/mol. The summed E-state index contributed by atoms with van der Waals surface area (Å²) in [5, 5.41) is 8.97. The molecule has 9 heteroatoms. The van der Waals surface area contributed by atoms with Crippen LogP contribution in [0.2, 0.25) is 8.67 Å². The summed E-state index contributed by atoms with van der Waals surface area (Å²) in [7, 11) is 0. The highest BCUT2D eigenvalue weighted by Crippen LogP contribution is 2.32. The number of carboxylic acid groups (broad SMARTS) is 1. The second-order valence-electron chi connectivity index (χ2n) is 5.66. The first-order valence-electron chi connectivity index (χ1n) is 7.52. The molecule has 1 unspecified atom stereocenters. The molecule has 2 heterocycles. The Kier molecular flexibility index (Phi) is 6.48. The molecule has 1 N–H and O–H groups in total. The third-order valence-corrected chi connectivity index (χ3v) is 5.51. The van der Waals surface area contributed by atoms with Gasteiger partial charge in [-0.25, -0.2) is 0 Å². The summed E-state index contributed by atoms with van der Waals surface area (Å²) in [4.78, 5) is 38.3. The SMILES string of the molecule is CC(=O)N(CC(=O)O)C1CCCN(C(=O)c2cc(Cl)sc2Cl)CC1. The van der Waals surface area contributed by atoms with Crippen molar-refractivity contribution in [1.82, 2.24) is 9.80 Å². The Bertz CT molecular complexity index is 649. The number of nitrogens with zero attached hydrogens (tertiary/aromatic N) is 2. The van der Waals surface area contributed by atoms with Gasteiger partial charge in [-0.05, 0) is 25.3 Å². The Balaban J connectivity index is 2.06. The molecule has 1 saturated heterocycles. The smallest absolute Gasteiger partial charge is 0.323 e. The Morgan fingerprint density at radius 3 is 2.58 bits per heavy atom. The molecule has 1 aromatic rings. The average molecular weight is 393 g/mol. The molecule has 0 saturated carbocycles. The van der Waals surface area contributed by atoms with E-state index in [0.29, 0.717) is 46.6 Å². The molecule has 2 rings (SSSR count).